The van der Waals surface area contributed by atoms with E-state index in [1.165, 1.54) is 0 Å². The molecule has 0 saturated carbocycles. The molecule has 0 aromatic heterocycles. The maximum absolute atomic E-state index is 12.1. The third kappa shape index (κ3) is 7.23. The van der Waals surface area contributed by atoms with Crippen LogP contribution in [-0.4, -0.2) is 73.3 Å². The lowest BCUT2D eigenvalue weighted by molar-refractivity contribution is -0.122. The number of nitrogens with one attached hydrogen (secondary N) is 2. The van der Waals surface area contributed by atoms with Crippen LogP contribution in [0.4, 0.5) is 0 Å². The number of ether oxygens (including phenoxy) is 1. The van der Waals surface area contributed by atoms with Crippen LogP contribution in [-0.2, 0) is 9.53 Å². The molecule has 5 nitrogen and oxygen atoms in total. The van der Waals surface area contributed by atoms with Crippen LogP contribution in [0.5, 0.6) is 0 Å². The Balaban J connectivity index is 0.00000220. The maximum Gasteiger partial charge on any atom is 0.221 e. The van der Waals surface area contributed by atoms with E-state index in [9.17, 15) is 4.79 Å². The van der Waals surface area contributed by atoms with Crippen LogP contribution in [0.25, 0.3) is 0 Å². The molecule has 2 N–H and O–H groups in total. The second-order valence-electron chi connectivity index (χ2n) is 5.68. The van der Waals surface area contributed by atoms with Crippen molar-refractivity contribution in [3.63, 3.8) is 0 Å². The standard InChI is InChI=1S/C14H27N3O2S.2ClH/c1-11(12(2)17-4-6-19-7-5-17)16-14(18)9-13-10-20-8-3-15-13;;/h11-13,15H,3-10H2,1-2H3,(H,16,18);2*1H. The third-order valence-electron chi connectivity index (χ3n) is 4.16. The molecule has 3 unspecified atom stereocenters. The number of amides is 1. The average molecular weight is 374 g/mol. The van der Waals surface area contributed by atoms with E-state index < -0.39 is 0 Å². The number of nitrogens with zero attached hydrogens (tertiary/aromatic N) is 1. The molecule has 3 atom stereocenters. The van der Waals surface area contributed by atoms with E-state index in [0.717, 1.165) is 44.4 Å². The number of carbonyl (C=O) groups is 1. The SMILES string of the molecule is CC(NC(=O)CC1CSCCN1)C(C)N1CCOCC1.Cl.Cl. The Labute approximate surface area is 150 Å². The quantitative estimate of drug-likeness (QED) is 0.756. The number of hydrogen-bond donors (Lipinski definition) is 2. The predicted octanol–water partition coefficient (Wildman–Crippen LogP) is 1.15. The third-order valence-corrected chi connectivity index (χ3v) is 5.30. The molecule has 0 spiro atoms. The van der Waals surface area contributed by atoms with Gasteiger partial charge >= 0.3 is 0 Å². The van der Waals surface area contributed by atoms with E-state index in [-0.39, 0.29) is 36.8 Å². The van der Waals surface area contributed by atoms with Gasteiger partial charge in [0.1, 0.15) is 0 Å². The summed E-state index contributed by atoms with van der Waals surface area (Å²) in [5.74, 6) is 2.36. The minimum absolute atomic E-state index is 0. The van der Waals surface area contributed by atoms with Crippen molar-refractivity contribution in [3.8, 4) is 0 Å². The van der Waals surface area contributed by atoms with E-state index in [0.29, 0.717) is 18.5 Å². The molecule has 2 saturated heterocycles. The summed E-state index contributed by atoms with van der Waals surface area (Å²) in [4.78, 5) is 14.5. The second-order valence-corrected chi connectivity index (χ2v) is 6.83. The Bertz CT molecular complexity index is 314. The highest BCUT2D eigenvalue weighted by atomic mass is 35.5. The highest BCUT2D eigenvalue weighted by Gasteiger charge is 2.24. The van der Waals surface area contributed by atoms with Gasteiger partial charge in [-0.2, -0.15) is 11.8 Å². The first-order valence-electron chi connectivity index (χ1n) is 7.59. The predicted molar refractivity (Wildman–Crippen MR) is 97.7 cm³/mol. The van der Waals surface area contributed by atoms with Gasteiger partial charge in [0.15, 0.2) is 0 Å². The molecular weight excluding hydrogens is 345 g/mol. The topological polar surface area (TPSA) is 53.6 Å². The number of hydrogen-bond acceptors (Lipinski definition) is 5. The molecule has 1 amide bonds. The molecule has 0 aromatic rings. The van der Waals surface area contributed by atoms with E-state index in [2.05, 4.69) is 29.4 Å². The van der Waals surface area contributed by atoms with Crippen LogP contribution in [0, 0.1) is 0 Å². The van der Waals surface area contributed by atoms with Crippen molar-refractivity contribution in [2.45, 2.75) is 38.4 Å². The van der Waals surface area contributed by atoms with E-state index in [1.54, 1.807) is 0 Å². The van der Waals surface area contributed by atoms with Gasteiger partial charge in [-0.05, 0) is 13.8 Å². The van der Waals surface area contributed by atoms with Gasteiger partial charge in [-0.25, -0.2) is 0 Å². The Hall–Kier alpha value is 0.280. The zero-order chi connectivity index (χ0) is 14.4. The summed E-state index contributed by atoms with van der Waals surface area (Å²) in [5, 5.41) is 6.56. The van der Waals surface area contributed by atoms with Gasteiger partial charge in [-0.15, -0.1) is 24.8 Å². The molecule has 0 bridgehead atoms. The number of rotatable bonds is 5. The minimum Gasteiger partial charge on any atom is -0.379 e. The van der Waals surface area contributed by atoms with Crippen LogP contribution in [0.1, 0.15) is 20.3 Å². The van der Waals surface area contributed by atoms with Crippen LogP contribution in [0.3, 0.4) is 0 Å². The van der Waals surface area contributed by atoms with Crippen molar-refractivity contribution in [2.24, 2.45) is 0 Å². The summed E-state index contributed by atoms with van der Waals surface area (Å²) in [6.07, 6.45) is 0.590. The minimum atomic E-state index is 0. The van der Waals surface area contributed by atoms with Gasteiger partial charge in [-0.1, -0.05) is 0 Å². The summed E-state index contributed by atoms with van der Waals surface area (Å²) in [6.45, 7) is 8.82. The molecule has 2 fully saturated rings. The highest BCUT2D eigenvalue weighted by Crippen LogP contribution is 2.11. The monoisotopic (exact) mass is 373 g/mol. The molecule has 2 rings (SSSR count). The normalized spacial score (nSPS) is 25.3. The molecule has 2 aliphatic rings. The van der Waals surface area contributed by atoms with Crippen LogP contribution >= 0.6 is 36.6 Å². The number of halogens is 2. The number of morpholine rings is 1. The van der Waals surface area contributed by atoms with Gasteiger partial charge in [0, 0.05) is 55.7 Å². The molecule has 0 radical (unpaired) electrons. The smallest absolute Gasteiger partial charge is 0.221 e. The number of carbonyl (C=O) groups excluding carboxylic acids is 1. The second kappa shape index (κ2) is 11.8. The lowest BCUT2D eigenvalue weighted by Gasteiger charge is -2.36. The van der Waals surface area contributed by atoms with Gasteiger partial charge in [0.05, 0.1) is 13.2 Å². The first-order chi connectivity index (χ1) is 9.66. The zero-order valence-corrected chi connectivity index (χ0v) is 15.8. The van der Waals surface area contributed by atoms with Crippen molar-refractivity contribution in [1.29, 1.82) is 0 Å². The first-order valence-corrected chi connectivity index (χ1v) is 8.74. The fraction of sp³-hybridized carbons (Fsp3) is 0.929. The Kier molecular flexibility index (Phi) is 11.9. The Morgan fingerprint density at radius 3 is 2.64 bits per heavy atom. The average Bonchev–Trinajstić information content (AvgIpc) is 2.48. The molecule has 8 heteroatoms. The Morgan fingerprint density at radius 2 is 2.05 bits per heavy atom. The first kappa shape index (κ1) is 22.3. The zero-order valence-electron chi connectivity index (χ0n) is 13.4. The maximum atomic E-state index is 12.1. The van der Waals surface area contributed by atoms with Gasteiger partial charge in [-0.3, -0.25) is 9.69 Å². The van der Waals surface area contributed by atoms with Crippen LogP contribution < -0.4 is 10.6 Å². The fourth-order valence-corrected chi connectivity index (χ4v) is 3.66. The lowest BCUT2D eigenvalue weighted by atomic mass is 10.1. The van der Waals surface area contributed by atoms with E-state index in [4.69, 9.17) is 4.74 Å². The largest absolute Gasteiger partial charge is 0.379 e. The Morgan fingerprint density at radius 1 is 1.36 bits per heavy atom. The molecule has 0 aromatic carbocycles. The molecular formula is C14H29Cl2N3O2S. The fourth-order valence-electron chi connectivity index (χ4n) is 2.71. The van der Waals surface area contributed by atoms with Crippen molar-refractivity contribution in [2.75, 3.05) is 44.4 Å². The number of thioether (sulfide) groups is 1. The van der Waals surface area contributed by atoms with Crippen molar-refractivity contribution in [3.05, 3.63) is 0 Å². The van der Waals surface area contributed by atoms with Crippen molar-refractivity contribution < 1.29 is 9.53 Å². The summed E-state index contributed by atoms with van der Waals surface area (Å²) in [7, 11) is 0. The summed E-state index contributed by atoms with van der Waals surface area (Å²) in [5.41, 5.74) is 0. The summed E-state index contributed by atoms with van der Waals surface area (Å²) < 4.78 is 5.37. The van der Waals surface area contributed by atoms with Gasteiger partial charge in [0.25, 0.3) is 0 Å². The molecule has 2 heterocycles. The van der Waals surface area contributed by atoms with Crippen LogP contribution in [0.2, 0.25) is 0 Å². The van der Waals surface area contributed by atoms with Crippen molar-refractivity contribution >= 4 is 42.5 Å². The molecule has 22 heavy (non-hydrogen) atoms. The van der Waals surface area contributed by atoms with Crippen LogP contribution in [0.15, 0.2) is 0 Å². The molecule has 2 aliphatic heterocycles. The highest BCUT2D eigenvalue weighted by molar-refractivity contribution is 7.99. The summed E-state index contributed by atoms with van der Waals surface area (Å²) >= 11 is 1.93. The molecule has 0 aliphatic carbocycles. The van der Waals surface area contributed by atoms with Gasteiger partial charge < -0.3 is 15.4 Å². The van der Waals surface area contributed by atoms with Gasteiger partial charge in [0.2, 0.25) is 5.91 Å². The van der Waals surface area contributed by atoms with E-state index in [1.807, 2.05) is 11.8 Å². The van der Waals surface area contributed by atoms with Crippen molar-refractivity contribution in [1.82, 2.24) is 15.5 Å². The lowest BCUT2D eigenvalue weighted by Crippen LogP contribution is -2.53. The summed E-state index contributed by atoms with van der Waals surface area (Å²) in [6, 6.07) is 0.869. The molecule has 132 valence electrons. The van der Waals surface area contributed by atoms with E-state index >= 15 is 0 Å².